The van der Waals surface area contributed by atoms with Crippen LogP contribution >= 0.6 is 11.8 Å². The quantitative estimate of drug-likeness (QED) is 0.481. The van der Waals surface area contributed by atoms with E-state index in [0.29, 0.717) is 11.9 Å². The molecule has 1 heterocycles. The molecule has 1 saturated heterocycles. The van der Waals surface area contributed by atoms with Crippen molar-refractivity contribution in [2.24, 2.45) is 0 Å². The number of hydrogen-bond acceptors (Lipinski definition) is 4. The van der Waals surface area contributed by atoms with Crippen molar-refractivity contribution in [3.63, 3.8) is 0 Å². The highest BCUT2D eigenvalue weighted by atomic mass is 32.2. The number of ether oxygens (including phenoxy) is 1. The molecule has 0 bridgehead atoms. The molecule has 1 aliphatic heterocycles. The summed E-state index contributed by atoms with van der Waals surface area (Å²) in [4.78, 5) is 11.5. The molecule has 0 spiro atoms. The topological polar surface area (TPSA) is 62.4 Å². The van der Waals surface area contributed by atoms with Gasteiger partial charge in [0, 0.05) is 30.6 Å². The Hall–Kier alpha value is -0.880. The minimum absolute atomic E-state index is 0.0325. The molecule has 1 rings (SSSR count). The van der Waals surface area contributed by atoms with Crippen molar-refractivity contribution >= 4 is 17.8 Å². The van der Waals surface area contributed by atoms with Crippen LogP contribution in [0.3, 0.4) is 0 Å². The first kappa shape index (κ1) is 19.2. The molecule has 3 atom stereocenters. The normalized spacial score (nSPS) is 22.0. The lowest BCUT2D eigenvalue weighted by atomic mass is 10.0. The van der Waals surface area contributed by atoms with Crippen molar-refractivity contribution in [1.29, 1.82) is 0 Å². The molecule has 1 fully saturated rings. The summed E-state index contributed by atoms with van der Waals surface area (Å²) in [5, 5.41) is 9.75. The lowest BCUT2D eigenvalue weighted by Gasteiger charge is -2.25. The maximum Gasteiger partial charge on any atom is 0.315 e. The smallest absolute Gasteiger partial charge is 0.315 e. The fraction of sp³-hybridized carbons (Fsp3) is 0.812. The second-order valence-corrected chi connectivity index (χ2v) is 7.21. The lowest BCUT2D eigenvalue weighted by molar-refractivity contribution is 0.201. The van der Waals surface area contributed by atoms with Gasteiger partial charge in [0.25, 0.3) is 0 Å². The molecule has 0 radical (unpaired) electrons. The second-order valence-electron chi connectivity index (χ2n) is 5.69. The first-order chi connectivity index (χ1) is 10.6. The molecule has 0 aromatic heterocycles. The molecule has 6 heteroatoms. The Bertz CT molecular complexity index is 352. The zero-order valence-corrected chi connectivity index (χ0v) is 14.9. The van der Waals surface area contributed by atoms with E-state index < -0.39 is 0 Å². The van der Waals surface area contributed by atoms with E-state index in [-0.39, 0.29) is 18.1 Å². The van der Waals surface area contributed by atoms with Crippen LogP contribution in [0.1, 0.15) is 39.5 Å². The van der Waals surface area contributed by atoms with E-state index in [0.717, 1.165) is 43.7 Å². The maximum absolute atomic E-state index is 11.5. The number of amides is 2. The largest absolute Gasteiger partial charge is 0.387 e. The first-order valence-corrected chi connectivity index (χ1v) is 9.22. The Labute approximate surface area is 139 Å². The molecule has 5 nitrogen and oxygen atoms in total. The van der Waals surface area contributed by atoms with Crippen LogP contribution in [-0.2, 0) is 4.74 Å². The Morgan fingerprint density at radius 1 is 1.45 bits per heavy atom. The van der Waals surface area contributed by atoms with Gasteiger partial charge in [0.15, 0.2) is 0 Å². The minimum atomic E-state index is -0.0325. The molecular weight excluding hydrogens is 298 g/mol. The molecule has 22 heavy (non-hydrogen) atoms. The van der Waals surface area contributed by atoms with Crippen LogP contribution in [0.5, 0.6) is 0 Å². The van der Waals surface area contributed by atoms with Gasteiger partial charge in [-0.05, 0) is 31.9 Å². The highest BCUT2D eigenvalue weighted by Crippen LogP contribution is 2.25. The number of carbonyl (C=O) groups excluding carboxylic acids is 1. The van der Waals surface area contributed by atoms with Gasteiger partial charge in [-0.15, -0.1) is 0 Å². The molecule has 0 aromatic rings. The zero-order valence-electron chi connectivity index (χ0n) is 14.1. The number of carbonyl (C=O) groups is 1. The molecule has 0 saturated carbocycles. The van der Waals surface area contributed by atoms with E-state index in [1.54, 1.807) is 7.11 Å². The van der Waals surface area contributed by atoms with Crippen molar-refractivity contribution in [1.82, 2.24) is 16.0 Å². The van der Waals surface area contributed by atoms with Crippen LogP contribution in [-0.4, -0.2) is 49.4 Å². The van der Waals surface area contributed by atoms with E-state index in [1.807, 2.05) is 11.8 Å². The molecule has 1 aliphatic rings. The van der Waals surface area contributed by atoms with E-state index in [2.05, 4.69) is 36.4 Å². The first-order valence-electron chi connectivity index (χ1n) is 8.17. The van der Waals surface area contributed by atoms with Crippen LogP contribution in [0.25, 0.3) is 0 Å². The van der Waals surface area contributed by atoms with Crippen molar-refractivity contribution in [2.45, 2.75) is 56.9 Å². The Morgan fingerprint density at radius 2 is 2.23 bits per heavy atom. The summed E-state index contributed by atoms with van der Waals surface area (Å²) >= 11 is 1.95. The lowest BCUT2D eigenvalue weighted by Crippen LogP contribution is -2.40. The number of methoxy groups -OCH3 is 1. The summed E-state index contributed by atoms with van der Waals surface area (Å²) in [5.74, 6) is 1.08. The molecular formula is C16H31N3O2S. The van der Waals surface area contributed by atoms with Gasteiger partial charge in [-0.25, -0.2) is 4.79 Å². The number of urea groups is 1. The van der Waals surface area contributed by atoms with E-state index in [4.69, 9.17) is 4.74 Å². The zero-order chi connectivity index (χ0) is 16.4. The van der Waals surface area contributed by atoms with Gasteiger partial charge in [0.05, 0.1) is 12.6 Å². The van der Waals surface area contributed by atoms with Gasteiger partial charge < -0.3 is 20.7 Å². The Kier molecular flexibility index (Phi) is 9.39. The fourth-order valence-corrected chi connectivity index (χ4v) is 3.98. The number of thioether (sulfide) groups is 1. The predicted octanol–water partition coefficient (Wildman–Crippen LogP) is 2.49. The van der Waals surface area contributed by atoms with E-state index in [9.17, 15) is 4.79 Å². The highest BCUT2D eigenvalue weighted by molar-refractivity contribution is 7.99. The molecule has 3 unspecified atom stereocenters. The van der Waals surface area contributed by atoms with E-state index >= 15 is 0 Å². The van der Waals surface area contributed by atoms with E-state index in [1.165, 1.54) is 0 Å². The summed E-state index contributed by atoms with van der Waals surface area (Å²) in [6, 6.07) is 0.414. The Balaban J connectivity index is 2.24. The summed E-state index contributed by atoms with van der Waals surface area (Å²) in [6.07, 6.45) is 4.41. The number of unbranched alkanes of at least 4 members (excludes halogenated alkanes) is 1. The third kappa shape index (κ3) is 6.92. The van der Waals surface area contributed by atoms with Crippen molar-refractivity contribution in [2.75, 3.05) is 26.0 Å². The van der Waals surface area contributed by atoms with Gasteiger partial charge in [-0.3, -0.25) is 0 Å². The van der Waals surface area contributed by atoms with Crippen LogP contribution in [0.15, 0.2) is 12.3 Å². The van der Waals surface area contributed by atoms with Crippen LogP contribution in [0, 0.1) is 0 Å². The number of nitrogens with one attached hydrogen (secondary N) is 3. The summed E-state index contributed by atoms with van der Waals surface area (Å²) in [6.45, 7) is 9.82. The second kappa shape index (κ2) is 10.8. The third-order valence-corrected chi connectivity index (χ3v) is 5.17. The van der Waals surface area contributed by atoms with Crippen LogP contribution in [0.2, 0.25) is 0 Å². The summed E-state index contributed by atoms with van der Waals surface area (Å²) < 4.78 is 5.01. The highest BCUT2D eigenvalue weighted by Gasteiger charge is 2.34. The third-order valence-electron chi connectivity index (χ3n) is 3.87. The standard InChI is InChI=1S/C16H31N3O2S/c1-5-22-14(15-13(3)18-16(20)19-15)9-7-6-8-12(2)17-10-11-21-4/h13-15,17H,2,5-11H2,1,3-4H3,(H2,18,19,20). The minimum Gasteiger partial charge on any atom is -0.387 e. The summed E-state index contributed by atoms with van der Waals surface area (Å²) in [7, 11) is 1.70. The summed E-state index contributed by atoms with van der Waals surface area (Å²) in [5.41, 5.74) is 1.08. The van der Waals surface area contributed by atoms with Gasteiger partial charge in [-0.2, -0.15) is 11.8 Å². The molecule has 128 valence electrons. The van der Waals surface area contributed by atoms with Gasteiger partial charge in [0.2, 0.25) is 0 Å². The molecule has 0 aromatic carbocycles. The molecule has 3 N–H and O–H groups in total. The predicted molar refractivity (Wildman–Crippen MR) is 94.3 cm³/mol. The fourth-order valence-electron chi connectivity index (χ4n) is 2.71. The van der Waals surface area contributed by atoms with Crippen molar-refractivity contribution in [3.8, 4) is 0 Å². The van der Waals surface area contributed by atoms with Gasteiger partial charge in [0.1, 0.15) is 0 Å². The van der Waals surface area contributed by atoms with Crippen LogP contribution in [0.4, 0.5) is 4.79 Å². The number of hydrogen-bond donors (Lipinski definition) is 3. The SMILES string of the molecule is C=C(CCCCC(SCC)C1NC(=O)NC1C)NCCOC. The average molecular weight is 330 g/mol. The number of rotatable bonds is 12. The monoisotopic (exact) mass is 329 g/mol. The van der Waals surface area contributed by atoms with Crippen molar-refractivity contribution < 1.29 is 9.53 Å². The maximum atomic E-state index is 11.5. The number of allylic oxidation sites excluding steroid dienone is 1. The van der Waals surface area contributed by atoms with Gasteiger partial charge >= 0.3 is 6.03 Å². The van der Waals surface area contributed by atoms with Crippen molar-refractivity contribution in [3.05, 3.63) is 12.3 Å². The average Bonchev–Trinajstić information content (AvgIpc) is 2.81. The Morgan fingerprint density at radius 3 is 2.82 bits per heavy atom. The molecule has 2 amide bonds. The molecule has 0 aliphatic carbocycles. The van der Waals surface area contributed by atoms with Gasteiger partial charge in [-0.1, -0.05) is 19.9 Å². The van der Waals surface area contributed by atoms with Crippen LogP contribution < -0.4 is 16.0 Å².